The summed E-state index contributed by atoms with van der Waals surface area (Å²) in [5, 5.41) is 17.4. The first-order chi connectivity index (χ1) is 13.2. The lowest BCUT2D eigenvalue weighted by Gasteiger charge is -2.20. The smallest absolute Gasteiger partial charge is 0.276 e. The van der Waals surface area contributed by atoms with E-state index < -0.39 is 0 Å². The number of aromatic nitrogens is 3. The summed E-state index contributed by atoms with van der Waals surface area (Å²) in [6, 6.07) is 17.3. The largest absolute Gasteiger partial charge is 0.497 e. The van der Waals surface area contributed by atoms with E-state index in [1.807, 2.05) is 54.6 Å². The van der Waals surface area contributed by atoms with Gasteiger partial charge in [0.25, 0.3) is 5.91 Å². The topological polar surface area (TPSA) is 80.5 Å². The molecule has 1 N–H and O–H groups in total. The number of rotatable bonds is 8. The molecule has 0 saturated carbocycles. The van der Waals surface area contributed by atoms with Gasteiger partial charge in [0.15, 0.2) is 5.69 Å². The quantitative estimate of drug-likeness (QED) is 0.659. The van der Waals surface area contributed by atoms with Crippen molar-refractivity contribution in [3.63, 3.8) is 0 Å². The molecule has 1 heterocycles. The molecule has 1 aromatic heterocycles. The number of benzene rings is 2. The van der Waals surface area contributed by atoms with Gasteiger partial charge in [-0.1, -0.05) is 47.7 Å². The number of nitrogens with zero attached hydrogens (tertiary/aromatic N) is 4. The van der Waals surface area contributed by atoms with Crippen LogP contribution >= 0.6 is 0 Å². The van der Waals surface area contributed by atoms with Crippen LogP contribution in [0.25, 0.3) is 0 Å². The van der Waals surface area contributed by atoms with Crippen molar-refractivity contribution in [3.05, 3.63) is 77.6 Å². The Morgan fingerprint density at radius 1 is 1.11 bits per heavy atom. The molecule has 140 valence electrons. The van der Waals surface area contributed by atoms with Crippen molar-refractivity contribution >= 4 is 5.91 Å². The van der Waals surface area contributed by atoms with Crippen LogP contribution in [0.3, 0.4) is 0 Å². The number of aliphatic hydroxyl groups is 1. The Morgan fingerprint density at radius 2 is 1.85 bits per heavy atom. The second-order valence-corrected chi connectivity index (χ2v) is 6.09. The van der Waals surface area contributed by atoms with Gasteiger partial charge in [0.05, 0.1) is 26.5 Å². The molecule has 0 aliphatic heterocycles. The Hall–Kier alpha value is -3.19. The highest BCUT2D eigenvalue weighted by Crippen LogP contribution is 2.13. The van der Waals surface area contributed by atoms with Gasteiger partial charge in [-0.3, -0.25) is 4.79 Å². The molecule has 0 radical (unpaired) electrons. The number of amides is 1. The predicted molar refractivity (Wildman–Crippen MR) is 100 cm³/mol. The van der Waals surface area contributed by atoms with Crippen molar-refractivity contribution < 1.29 is 14.6 Å². The molecule has 0 aliphatic carbocycles. The molecule has 1 amide bonds. The summed E-state index contributed by atoms with van der Waals surface area (Å²) in [6.45, 7) is 1.03. The monoisotopic (exact) mass is 366 g/mol. The SMILES string of the molecule is COc1ccc(Cn2cc(C(=O)N(CCO)Cc3ccccc3)nn2)cc1. The van der Waals surface area contributed by atoms with Crippen molar-refractivity contribution in [2.24, 2.45) is 0 Å². The second kappa shape index (κ2) is 8.95. The zero-order valence-electron chi connectivity index (χ0n) is 15.2. The molecule has 0 fully saturated rings. The van der Waals surface area contributed by atoms with E-state index >= 15 is 0 Å². The minimum absolute atomic E-state index is 0.113. The van der Waals surface area contributed by atoms with Crippen molar-refractivity contribution in [3.8, 4) is 5.75 Å². The molecule has 0 atom stereocenters. The van der Waals surface area contributed by atoms with Gasteiger partial charge in [0.2, 0.25) is 0 Å². The average Bonchev–Trinajstić information content (AvgIpc) is 3.17. The van der Waals surface area contributed by atoms with Crippen LogP contribution in [0.1, 0.15) is 21.6 Å². The molecule has 27 heavy (non-hydrogen) atoms. The predicted octanol–water partition coefficient (Wildman–Crippen LogP) is 1.97. The maximum absolute atomic E-state index is 12.8. The van der Waals surface area contributed by atoms with E-state index in [-0.39, 0.29) is 24.8 Å². The van der Waals surface area contributed by atoms with Gasteiger partial charge in [-0.25, -0.2) is 4.68 Å². The third kappa shape index (κ3) is 4.92. The molecule has 0 saturated heterocycles. The maximum Gasteiger partial charge on any atom is 0.276 e. The van der Waals surface area contributed by atoms with Gasteiger partial charge in [0, 0.05) is 13.1 Å². The van der Waals surface area contributed by atoms with Crippen LogP contribution in [0.15, 0.2) is 60.8 Å². The van der Waals surface area contributed by atoms with Crippen LogP contribution in [0.4, 0.5) is 0 Å². The molecular formula is C20H22N4O3. The minimum atomic E-state index is -0.256. The van der Waals surface area contributed by atoms with Gasteiger partial charge >= 0.3 is 0 Å². The number of methoxy groups -OCH3 is 1. The fourth-order valence-corrected chi connectivity index (χ4v) is 2.73. The van der Waals surface area contributed by atoms with Gasteiger partial charge in [-0.15, -0.1) is 5.10 Å². The Kier molecular flexibility index (Phi) is 6.17. The highest BCUT2D eigenvalue weighted by Gasteiger charge is 2.19. The first-order valence-corrected chi connectivity index (χ1v) is 8.66. The van der Waals surface area contributed by atoms with Crippen LogP contribution in [0.5, 0.6) is 5.75 Å². The summed E-state index contributed by atoms with van der Waals surface area (Å²) >= 11 is 0. The first kappa shape index (κ1) is 18.6. The standard InChI is InChI=1S/C20H22N4O3/c1-27-18-9-7-17(8-10-18)14-24-15-19(21-22-24)20(26)23(11-12-25)13-16-5-3-2-4-6-16/h2-10,15,25H,11-14H2,1H3. The van der Waals surface area contributed by atoms with E-state index in [0.717, 1.165) is 16.9 Å². The van der Waals surface area contributed by atoms with Crippen LogP contribution in [-0.4, -0.2) is 51.2 Å². The van der Waals surface area contributed by atoms with E-state index in [0.29, 0.717) is 13.1 Å². The van der Waals surface area contributed by atoms with E-state index in [9.17, 15) is 9.90 Å². The minimum Gasteiger partial charge on any atom is -0.497 e. The molecule has 7 nitrogen and oxygen atoms in total. The highest BCUT2D eigenvalue weighted by molar-refractivity contribution is 5.91. The number of aliphatic hydroxyl groups excluding tert-OH is 1. The van der Waals surface area contributed by atoms with E-state index in [1.54, 1.807) is 22.9 Å². The molecule has 3 rings (SSSR count). The van der Waals surface area contributed by atoms with Crippen molar-refractivity contribution in [1.29, 1.82) is 0 Å². The van der Waals surface area contributed by atoms with Gasteiger partial charge in [-0.2, -0.15) is 0 Å². The lowest BCUT2D eigenvalue weighted by molar-refractivity contribution is 0.0702. The number of hydrogen-bond acceptors (Lipinski definition) is 5. The summed E-state index contributed by atoms with van der Waals surface area (Å²) in [7, 11) is 1.62. The molecule has 0 bridgehead atoms. The zero-order valence-corrected chi connectivity index (χ0v) is 15.2. The molecule has 3 aromatic rings. The Bertz CT molecular complexity index is 862. The van der Waals surface area contributed by atoms with E-state index in [4.69, 9.17) is 4.74 Å². The highest BCUT2D eigenvalue weighted by atomic mass is 16.5. The van der Waals surface area contributed by atoms with Crippen LogP contribution in [-0.2, 0) is 13.1 Å². The van der Waals surface area contributed by atoms with Crippen LogP contribution in [0.2, 0.25) is 0 Å². The second-order valence-electron chi connectivity index (χ2n) is 6.09. The van der Waals surface area contributed by atoms with E-state index in [1.165, 1.54) is 0 Å². The molecule has 0 unspecified atom stereocenters. The van der Waals surface area contributed by atoms with Gasteiger partial charge < -0.3 is 14.7 Å². The van der Waals surface area contributed by atoms with Crippen molar-refractivity contribution in [2.45, 2.75) is 13.1 Å². The average molecular weight is 366 g/mol. The zero-order chi connectivity index (χ0) is 19.1. The van der Waals surface area contributed by atoms with E-state index in [2.05, 4.69) is 10.3 Å². The lowest BCUT2D eigenvalue weighted by atomic mass is 10.2. The van der Waals surface area contributed by atoms with Gasteiger partial charge in [-0.05, 0) is 23.3 Å². The molecule has 2 aromatic carbocycles. The summed E-state index contributed by atoms with van der Waals surface area (Å²) in [5.74, 6) is 0.530. The normalized spacial score (nSPS) is 10.6. The summed E-state index contributed by atoms with van der Waals surface area (Å²) < 4.78 is 6.77. The van der Waals surface area contributed by atoms with Crippen molar-refractivity contribution in [1.82, 2.24) is 19.9 Å². The first-order valence-electron chi connectivity index (χ1n) is 8.66. The molecule has 0 spiro atoms. The van der Waals surface area contributed by atoms with Crippen LogP contribution < -0.4 is 4.74 Å². The maximum atomic E-state index is 12.8. The Balaban J connectivity index is 1.69. The third-order valence-electron chi connectivity index (χ3n) is 4.13. The van der Waals surface area contributed by atoms with Gasteiger partial charge in [0.1, 0.15) is 5.75 Å². The lowest BCUT2D eigenvalue weighted by Crippen LogP contribution is -2.33. The third-order valence-corrected chi connectivity index (χ3v) is 4.13. The summed E-state index contributed by atoms with van der Waals surface area (Å²) in [5.41, 5.74) is 2.27. The molecular weight excluding hydrogens is 344 g/mol. The number of hydrogen-bond donors (Lipinski definition) is 1. The summed E-state index contributed by atoms with van der Waals surface area (Å²) in [6.07, 6.45) is 1.63. The number of carbonyl (C=O) groups is 1. The molecule has 7 heteroatoms. The van der Waals surface area contributed by atoms with Crippen molar-refractivity contribution in [2.75, 3.05) is 20.3 Å². The Labute approximate surface area is 157 Å². The molecule has 0 aliphatic rings. The fourth-order valence-electron chi connectivity index (χ4n) is 2.73. The van der Waals surface area contributed by atoms with Crippen LogP contribution in [0, 0.1) is 0 Å². The number of carbonyl (C=O) groups excluding carboxylic acids is 1. The summed E-state index contributed by atoms with van der Waals surface area (Å²) in [4.78, 5) is 14.3. The fraction of sp³-hybridized carbons (Fsp3) is 0.250. The number of ether oxygens (including phenoxy) is 1. The Morgan fingerprint density at radius 3 is 2.52 bits per heavy atom.